The zero-order valence-electron chi connectivity index (χ0n) is 16.7. The molecule has 1 amide bonds. The number of rotatable bonds is 4. The van der Waals surface area contributed by atoms with Crippen molar-refractivity contribution in [3.05, 3.63) is 87.0 Å². The molecule has 12 heteroatoms. The number of halogens is 6. The minimum absolute atomic E-state index is 0.130. The lowest BCUT2D eigenvalue weighted by Gasteiger charge is -2.33. The Morgan fingerprint density at radius 3 is 2.06 bits per heavy atom. The Morgan fingerprint density at radius 2 is 1.52 bits per heavy atom. The minimum atomic E-state index is -4.67. The summed E-state index contributed by atoms with van der Waals surface area (Å²) < 4.78 is 39.9. The number of hydrogen-bond acceptors (Lipinski definition) is 4. The highest BCUT2D eigenvalue weighted by molar-refractivity contribution is 7.80. The van der Waals surface area contributed by atoms with Gasteiger partial charge in [-0.15, -0.1) is 0 Å². The maximum Gasteiger partial charge on any atom is 0.416 e. The lowest BCUT2D eigenvalue weighted by Crippen LogP contribution is -2.50. The molecule has 172 valence electrons. The molecular formula is C21H14Cl3F3N4OS. The number of benzene rings is 2. The highest BCUT2D eigenvalue weighted by Crippen LogP contribution is 2.33. The molecule has 0 aliphatic carbocycles. The van der Waals surface area contributed by atoms with Crippen molar-refractivity contribution < 1.29 is 18.0 Å². The van der Waals surface area contributed by atoms with Crippen LogP contribution in [0.3, 0.4) is 0 Å². The monoisotopic (exact) mass is 532 g/mol. The SMILES string of the molecule is CN(c1cc(C(F)(F)F)cc(Cl)n1)N(C(=O)c1ccc(Cl)cc1)C(=S)Nc1ccc(Cl)cc1. The van der Waals surface area contributed by atoms with Crippen LogP contribution in [0.5, 0.6) is 0 Å². The zero-order valence-corrected chi connectivity index (χ0v) is 19.8. The van der Waals surface area contributed by atoms with Crippen LogP contribution in [-0.2, 0) is 6.18 Å². The average molecular weight is 534 g/mol. The second-order valence-electron chi connectivity index (χ2n) is 6.62. The fraction of sp³-hybridized carbons (Fsp3) is 0.0952. The van der Waals surface area contributed by atoms with Crippen LogP contribution in [0.2, 0.25) is 15.2 Å². The summed E-state index contributed by atoms with van der Waals surface area (Å²) in [6.45, 7) is 0. The largest absolute Gasteiger partial charge is 0.416 e. The van der Waals surface area contributed by atoms with Crippen molar-refractivity contribution in [1.82, 2.24) is 9.99 Å². The van der Waals surface area contributed by atoms with Crippen molar-refractivity contribution in [1.29, 1.82) is 0 Å². The van der Waals surface area contributed by atoms with E-state index in [1.54, 1.807) is 24.3 Å². The van der Waals surface area contributed by atoms with Gasteiger partial charge < -0.3 is 5.32 Å². The number of carbonyl (C=O) groups is 1. The summed E-state index contributed by atoms with van der Waals surface area (Å²) in [5, 5.41) is 5.26. The van der Waals surface area contributed by atoms with Gasteiger partial charge in [-0.3, -0.25) is 9.80 Å². The summed E-state index contributed by atoms with van der Waals surface area (Å²) in [7, 11) is 1.34. The molecule has 0 fully saturated rings. The first-order valence-electron chi connectivity index (χ1n) is 9.10. The molecule has 3 rings (SSSR count). The highest BCUT2D eigenvalue weighted by atomic mass is 35.5. The van der Waals surface area contributed by atoms with E-state index >= 15 is 0 Å². The summed E-state index contributed by atoms with van der Waals surface area (Å²) in [6, 6.07) is 13.8. The molecule has 0 saturated carbocycles. The zero-order chi connectivity index (χ0) is 24.3. The van der Waals surface area contributed by atoms with E-state index in [1.165, 1.54) is 31.3 Å². The molecule has 0 saturated heterocycles. The van der Waals surface area contributed by atoms with Crippen LogP contribution in [0, 0.1) is 0 Å². The molecule has 0 radical (unpaired) electrons. The third-order valence-corrected chi connectivity index (χ3v) is 5.28. The number of aromatic nitrogens is 1. The summed E-state index contributed by atoms with van der Waals surface area (Å²) in [5.41, 5.74) is -0.342. The third kappa shape index (κ3) is 6.26. The molecule has 5 nitrogen and oxygen atoms in total. The van der Waals surface area contributed by atoms with E-state index in [0.29, 0.717) is 21.8 Å². The van der Waals surface area contributed by atoms with Gasteiger partial charge in [-0.25, -0.2) is 4.98 Å². The van der Waals surface area contributed by atoms with E-state index in [0.717, 1.165) is 16.1 Å². The van der Waals surface area contributed by atoms with Gasteiger partial charge in [0.05, 0.1) is 5.56 Å². The molecular weight excluding hydrogens is 520 g/mol. The van der Waals surface area contributed by atoms with Gasteiger partial charge >= 0.3 is 6.18 Å². The number of amides is 1. The molecule has 0 spiro atoms. The molecule has 0 bridgehead atoms. The van der Waals surface area contributed by atoms with Crippen molar-refractivity contribution >= 4 is 69.5 Å². The number of nitrogens with one attached hydrogen (secondary N) is 1. The molecule has 3 aromatic rings. The summed E-state index contributed by atoms with van der Waals surface area (Å²) in [5.74, 6) is -0.895. The predicted molar refractivity (Wildman–Crippen MR) is 128 cm³/mol. The van der Waals surface area contributed by atoms with Gasteiger partial charge in [-0.2, -0.15) is 18.2 Å². The van der Waals surface area contributed by atoms with E-state index < -0.39 is 22.8 Å². The van der Waals surface area contributed by atoms with E-state index in [2.05, 4.69) is 10.3 Å². The van der Waals surface area contributed by atoms with Crippen molar-refractivity contribution in [2.45, 2.75) is 6.18 Å². The van der Waals surface area contributed by atoms with Crippen molar-refractivity contribution in [3.63, 3.8) is 0 Å². The summed E-state index contributed by atoms with van der Waals surface area (Å²) >= 11 is 23.0. The van der Waals surface area contributed by atoms with Gasteiger partial charge in [-0.1, -0.05) is 34.8 Å². The second-order valence-corrected chi connectivity index (χ2v) is 8.27. The second kappa shape index (κ2) is 10.1. The van der Waals surface area contributed by atoms with E-state index in [4.69, 9.17) is 47.0 Å². The normalized spacial score (nSPS) is 11.1. The Labute approximate surface area is 207 Å². The summed E-state index contributed by atoms with van der Waals surface area (Å²) in [4.78, 5) is 17.3. The Hall–Kier alpha value is -2.59. The Bertz CT molecular complexity index is 1170. The van der Waals surface area contributed by atoms with Crippen molar-refractivity contribution in [2.24, 2.45) is 0 Å². The lowest BCUT2D eigenvalue weighted by molar-refractivity contribution is -0.137. The average Bonchev–Trinajstić information content (AvgIpc) is 2.75. The van der Waals surface area contributed by atoms with E-state index in [-0.39, 0.29) is 16.5 Å². The standard InChI is InChI=1S/C21H14Cl3F3N4OS/c1-30(18-11-13(21(25,26)27)10-17(24)29-18)31(19(32)12-2-4-14(22)5-3-12)20(33)28-16-8-6-15(23)7-9-16/h2-11H,1H3,(H,28,33). The number of hydrazine groups is 1. The first-order valence-corrected chi connectivity index (χ1v) is 10.6. The number of pyridine rings is 1. The number of nitrogens with zero attached hydrogens (tertiary/aromatic N) is 3. The topological polar surface area (TPSA) is 48.5 Å². The van der Waals surface area contributed by atoms with E-state index in [9.17, 15) is 18.0 Å². The maximum absolute atomic E-state index is 13.3. The molecule has 0 atom stereocenters. The fourth-order valence-corrected chi connectivity index (χ4v) is 3.48. The molecule has 1 N–H and O–H groups in total. The van der Waals surface area contributed by atoms with Crippen LogP contribution in [-0.4, -0.2) is 28.1 Å². The minimum Gasteiger partial charge on any atom is -0.331 e. The summed E-state index contributed by atoms with van der Waals surface area (Å²) in [6.07, 6.45) is -4.67. The van der Waals surface area contributed by atoms with Crippen molar-refractivity contribution in [3.8, 4) is 0 Å². The molecule has 1 heterocycles. The van der Waals surface area contributed by atoms with Crippen LogP contribution in [0.4, 0.5) is 24.7 Å². The number of thiocarbonyl (C=S) groups is 1. The number of carbonyl (C=O) groups excluding carboxylic acids is 1. The fourth-order valence-electron chi connectivity index (χ4n) is 2.70. The highest BCUT2D eigenvalue weighted by Gasteiger charge is 2.33. The van der Waals surface area contributed by atoms with Gasteiger partial charge in [0.1, 0.15) is 11.0 Å². The lowest BCUT2D eigenvalue weighted by atomic mass is 10.2. The molecule has 1 aromatic heterocycles. The van der Waals surface area contributed by atoms with Gasteiger partial charge in [0.25, 0.3) is 5.91 Å². The Morgan fingerprint density at radius 1 is 0.970 bits per heavy atom. The Kier molecular flexibility index (Phi) is 7.69. The molecule has 33 heavy (non-hydrogen) atoms. The first kappa shape index (κ1) is 25.0. The first-order chi connectivity index (χ1) is 15.5. The van der Waals surface area contributed by atoms with Gasteiger partial charge in [0, 0.05) is 28.3 Å². The van der Waals surface area contributed by atoms with Crippen LogP contribution in [0.25, 0.3) is 0 Å². The van der Waals surface area contributed by atoms with Crippen LogP contribution < -0.4 is 10.3 Å². The van der Waals surface area contributed by atoms with Gasteiger partial charge in [0.15, 0.2) is 5.11 Å². The maximum atomic E-state index is 13.3. The van der Waals surface area contributed by atoms with Crippen LogP contribution in [0.15, 0.2) is 60.7 Å². The third-order valence-electron chi connectivity index (χ3n) is 4.31. The molecule has 0 aliphatic heterocycles. The molecule has 0 aliphatic rings. The Balaban J connectivity index is 2.03. The molecule has 2 aromatic carbocycles. The van der Waals surface area contributed by atoms with Crippen molar-refractivity contribution in [2.75, 3.05) is 17.4 Å². The molecule has 0 unspecified atom stereocenters. The quantitative estimate of drug-likeness (QED) is 0.223. The number of alkyl halides is 3. The van der Waals surface area contributed by atoms with Gasteiger partial charge in [0.2, 0.25) is 0 Å². The smallest absolute Gasteiger partial charge is 0.331 e. The van der Waals surface area contributed by atoms with Gasteiger partial charge in [-0.05, 0) is 72.9 Å². The predicted octanol–water partition coefficient (Wildman–Crippen LogP) is 6.95. The number of hydrogen-bond donors (Lipinski definition) is 1. The van der Waals surface area contributed by atoms with E-state index in [1.807, 2.05) is 0 Å². The van der Waals surface area contributed by atoms with Crippen LogP contribution in [0.1, 0.15) is 15.9 Å². The number of anilines is 2. The van der Waals surface area contributed by atoms with Crippen LogP contribution >= 0.6 is 47.0 Å².